The number of hydrogen-bond donors (Lipinski definition) is 1. The van der Waals surface area contributed by atoms with Crippen LogP contribution in [0.3, 0.4) is 0 Å². The molecule has 2 aromatic rings. The minimum atomic E-state index is -0.692. The maximum absolute atomic E-state index is 14.8. The van der Waals surface area contributed by atoms with Crippen LogP contribution < -0.4 is 10.6 Å². The second-order valence-electron chi connectivity index (χ2n) is 7.02. The molecule has 2 heterocycles. The fraction of sp³-hybridized carbons (Fsp3) is 0.300. The van der Waals surface area contributed by atoms with Crippen LogP contribution in [0.4, 0.5) is 14.9 Å². The lowest BCUT2D eigenvalue weighted by molar-refractivity contribution is -0.123. The van der Waals surface area contributed by atoms with Gasteiger partial charge >= 0.3 is 6.09 Å². The number of carbonyl (C=O) groups excluding carboxylic acids is 3. The van der Waals surface area contributed by atoms with Gasteiger partial charge in [0, 0.05) is 25.9 Å². The predicted octanol–water partition coefficient (Wildman–Crippen LogP) is 2.04. The third-order valence-electron chi connectivity index (χ3n) is 4.80. The van der Waals surface area contributed by atoms with E-state index in [1.807, 2.05) is 0 Å². The number of nitrogens with two attached hydrogens (primary N) is 1. The van der Waals surface area contributed by atoms with Gasteiger partial charge in [-0.1, -0.05) is 0 Å². The summed E-state index contributed by atoms with van der Waals surface area (Å²) in [5.41, 5.74) is 6.51. The van der Waals surface area contributed by atoms with Crippen molar-refractivity contribution < 1.29 is 23.5 Å². The van der Waals surface area contributed by atoms with Crippen molar-refractivity contribution in [3.05, 3.63) is 48.0 Å². The number of aromatic nitrogens is 1. The van der Waals surface area contributed by atoms with Crippen molar-refractivity contribution in [1.82, 2.24) is 9.88 Å². The average molecular weight is 400 g/mol. The van der Waals surface area contributed by atoms with E-state index in [4.69, 9.17) is 10.5 Å². The molecule has 152 valence electrons. The Balaban J connectivity index is 1.86. The van der Waals surface area contributed by atoms with Gasteiger partial charge in [0.05, 0.1) is 18.2 Å². The van der Waals surface area contributed by atoms with Gasteiger partial charge < -0.3 is 15.4 Å². The lowest BCUT2D eigenvalue weighted by Crippen LogP contribution is -2.34. The Morgan fingerprint density at radius 2 is 2.03 bits per heavy atom. The fourth-order valence-electron chi connectivity index (χ4n) is 2.99. The molecule has 0 radical (unpaired) electrons. The molecule has 29 heavy (non-hydrogen) atoms. The first-order valence-corrected chi connectivity index (χ1v) is 8.94. The summed E-state index contributed by atoms with van der Waals surface area (Å²) in [7, 11) is 3.21. The standard InChI is InChI=1S/C20H21FN4O4/c1-11(18(22)26)17-10-25(20(28)29-17)13-4-5-14(15(21)9-13)12-6-7-23-16(8-12)19(27)24(2)3/h4-9,11,17H,10H2,1-3H3,(H2,22,26)/t11-,17?/m0/s1. The van der Waals surface area contributed by atoms with Crippen LogP contribution in [-0.4, -0.2) is 54.5 Å². The summed E-state index contributed by atoms with van der Waals surface area (Å²) in [6.07, 6.45) is 0.0770. The zero-order valence-corrected chi connectivity index (χ0v) is 16.3. The van der Waals surface area contributed by atoms with Crippen LogP contribution in [0.2, 0.25) is 0 Å². The number of primary amides is 1. The third-order valence-corrected chi connectivity index (χ3v) is 4.80. The zero-order valence-electron chi connectivity index (χ0n) is 16.3. The normalized spacial score (nSPS) is 17.0. The second kappa shape index (κ2) is 7.86. The van der Waals surface area contributed by atoms with Gasteiger partial charge in [0.25, 0.3) is 5.91 Å². The van der Waals surface area contributed by atoms with Crippen LogP contribution in [0.1, 0.15) is 17.4 Å². The van der Waals surface area contributed by atoms with Gasteiger partial charge in [-0.15, -0.1) is 0 Å². The number of hydrogen-bond acceptors (Lipinski definition) is 5. The van der Waals surface area contributed by atoms with Gasteiger partial charge in [-0.3, -0.25) is 19.5 Å². The highest BCUT2D eigenvalue weighted by Crippen LogP contribution is 2.30. The lowest BCUT2D eigenvalue weighted by atomic mass is 10.0. The summed E-state index contributed by atoms with van der Waals surface area (Å²) < 4.78 is 20.0. The van der Waals surface area contributed by atoms with Crippen molar-refractivity contribution in [3.63, 3.8) is 0 Å². The number of pyridine rings is 1. The van der Waals surface area contributed by atoms with E-state index in [0.29, 0.717) is 11.3 Å². The van der Waals surface area contributed by atoms with E-state index in [1.165, 1.54) is 34.2 Å². The van der Waals surface area contributed by atoms with Crippen LogP contribution in [0.5, 0.6) is 0 Å². The third kappa shape index (κ3) is 4.03. The van der Waals surface area contributed by atoms with Crippen LogP contribution in [0.15, 0.2) is 36.5 Å². The van der Waals surface area contributed by atoms with Crippen LogP contribution in [0.25, 0.3) is 11.1 Å². The number of halogens is 1. The van der Waals surface area contributed by atoms with Crippen molar-refractivity contribution in [1.29, 1.82) is 0 Å². The summed E-state index contributed by atoms with van der Waals surface area (Å²) in [6.45, 7) is 1.67. The molecule has 1 fully saturated rings. The molecule has 2 N–H and O–H groups in total. The molecule has 1 aliphatic heterocycles. The minimum Gasteiger partial charge on any atom is -0.443 e. The molecule has 0 aliphatic carbocycles. The second-order valence-corrected chi connectivity index (χ2v) is 7.02. The first-order chi connectivity index (χ1) is 13.7. The van der Waals surface area contributed by atoms with E-state index >= 15 is 0 Å². The summed E-state index contributed by atoms with van der Waals surface area (Å²) >= 11 is 0. The molecule has 2 atom stereocenters. The number of anilines is 1. The molecule has 1 unspecified atom stereocenters. The molecule has 1 aromatic heterocycles. The van der Waals surface area contributed by atoms with Crippen LogP contribution >= 0.6 is 0 Å². The molecule has 9 heteroatoms. The van der Waals surface area contributed by atoms with Crippen molar-refractivity contribution in [3.8, 4) is 11.1 Å². The first kappa shape index (κ1) is 20.2. The van der Waals surface area contributed by atoms with E-state index in [-0.39, 0.29) is 23.7 Å². The van der Waals surface area contributed by atoms with Gasteiger partial charge in [0.15, 0.2) is 0 Å². The summed E-state index contributed by atoms with van der Waals surface area (Å²) in [5, 5.41) is 0. The maximum Gasteiger partial charge on any atom is 0.414 e. The summed E-state index contributed by atoms with van der Waals surface area (Å²) in [6, 6.07) is 7.41. The predicted molar refractivity (Wildman–Crippen MR) is 104 cm³/mol. The van der Waals surface area contributed by atoms with Crippen molar-refractivity contribution >= 4 is 23.6 Å². The topological polar surface area (TPSA) is 106 Å². The highest BCUT2D eigenvalue weighted by Gasteiger charge is 2.37. The largest absolute Gasteiger partial charge is 0.443 e. The van der Waals surface area contributed by atoms with Gasteiger partial charge in [-0.05, 0) is 42.8 Å². The Morgan fingerprint density at radius 1 is 1.31 bits per heavy atom. The fourth-order valence-corrected chi connectivity index (χ4v) is 2.99. The molecule has 8 nitrogen and oxygen atoms in total. The number of amides is 3. The van der Waals surface area contributed by atoms with Gasteiger partial charge in [-0.25, -0.2) is 9.18 Å². The molecule has 1 aliphatic rings. The lowest BCUT2D eigenvalue weighted by Gasteiger charge is -2.16. The van der Waals surface area contributed by atoms with Gasteiger partial charge in [0.1, 0.15) is 17.6 Å². The van der Waals surface area contributed by atoms with Crippen LogP contribution in [0, 0.1) is 11.7 Å². The number of cyclic esters (lactones) is 1. The average Bonchev–Trinajstić information content (AvgIpc) is 3.08. The SMILES string of the molecule is C[C@H](C(N)=O)C1CN(c2ccc(-c3ccnc(C(=O)N(C)C)c3)c(F)c2)C(=O)O1. The smallest absolute Gasteiger partial charge is 0.414 e. The minimum absolute atomic E-state index is 0.0957. The Bertz CT molecular complexity index is 979. The first-order valence-electron chi connectivity index (χ1n) is 8.94. The molecular weight excluding hydrogens is 379 g/mol. The molecule has 3 amide bonds. The van der Waals surface area contributed by atoms with E-state index < -0.39 is 29.8 Å². The van der Waals surface area contributed by atoms with E-state index in [2.05, 4.69) is 4.98 Å². The van der Waals surface area contributed by atoms with Gasteiger partial charge in [-0.2, -0.15) is 0 Å². The number of benzene rings is 1. The maximum atomic E-state index is 14.8. The number of rotatable bonds is 5. The number of ether oxygens (including phenoxy) is 1. The Hall–Kier alpha value is -3.49. The molecule has 0 bridgehead atoms. The van der Waals surface area contributed by atoms with E-state index in [1.54, 1.807) is 33.2 Å². The van der Waals surface area contributed by atoms with E-state index in [0.717, 1.165) is 0 Å². The monoisotopic (exact) mass is 400 g/mol. The molecule has 0 spiro atoms. The molecular formula is C20H21FN4O4. The summed E-state index contributed by atoms with van der Waals surface area (Å²) in [5.74, 6) is -2.10. The summed E-state index contributed by atoms with van der Waals surface area (Å²) in [4.78, 5) is 42.2. The van der Waals surface area contributed by atoms with Gasteiger partial charge in [0.2, 0.25) is 5.91 Å². The molecule has 1 aromatic carbocycles. The highest BCUT2D eigenvalue weighted by molar-refractivity contribution is 5.93. The Kier molecular flexibility index (Phi) is 5.49. The Morgan fingerprint density at radius 3 is 2.66 bits per heavy atom. The number of nitrogens with zero attached hydrogens (tertiary/aromatic N) is 3. The Labute approximate surface area is 167 Å². The zero-order chi connectivity index (χ0) is 21.3. The quantitative estimate of drug-likeness (QED) is 0.827. The van der Waals surface area contributed by atoms with Crippen molar-refractivity contribution in [2.24, 2.45) is 11.7 Å². The van der Waals surface area contributed by atoms with E-state index in [9.17, 15) is 18.8 Å². The van der Waals surface area contributed by atoms with Crippen LogP contribution in [-0.2, 0) is 9.53 Å². The molecule has 1 saturated heterocycles. The molecule has 0 saturated carbocycles. The molecule has 3 rings (SSSR count). The van der Waals surface area contributed by atoms with Crippen molar-refractivity contribution in [2.45, 2.75) is 13.0 Å². The highest BCUT2D eigenvalue weighted by atomic mass is 19.1. The van der Waals surface area contributed by atoms with Crippen molar-refractivity contribution in [2.75, 3.05) is 25.5 Å². The number of carbonyl (C=O) groups is 3.